The predicted molar refractivity (Wildman–Crippen MR) is 107 cm³/mol. The van der Waals surface area contributed by atoms with E-state index in [0.717, 1.165) is 45.2 Å². The van der Waals surface area contributed by atoms with E-state index in [0.29, 0.717) is 13.1 Å². The average Bonchev–Trinajstić information content (AvgIpc) is 3.10. The lowest BCUT2D eigenvalue weighted by Gasteiger charge is -2.08. The molecule has 3 aromatic rings. The number of fused-ring (bicyclic) bond motifs is 1. The molecule has 4 heterocycles. The van der Waals surface area contributed by atoms with Gasteiger partial charge in [0, 0.05) is 34.9 Å². The molecular formula is C22H21N5O. The van der Waals surface area contributed by atoms with Gasteiger partial charge in [0.05, 0.1) is 36.6 Å². The molecule has 3 aromatic heterocycles. The van der Waals surface area contributed by atoms with Crippen LogP contribution in [0.25, 0.3) is 0 Å². The van der Waals surface area contributed by atoms with E-state index in [9.17, 15) is 4.79 Å². The Hall–Kier alpha value is -3.41. The van der Waals surface area contributed by atoms with Crippen LogP contribution < -0.4 is 5.32 Å². The molecule has 1 aliphatic rings. The molecule has 0 atom stereocenters. The predicted octanol–water partition coefficient (Wildman–Crippen LogP) is 2.70. The first-order valence-corrected chi connectivity index (χ1v) is 9.23. The van der Waals surface area contributed by atoms with E-state index < -0.39 is 0 Å². The van der Waals surface area contributed by atoms with E-state index in [-0.39, 0.29) is 12.3 Å². The summed E-state index contributed by atoms with van der Waals surface area (Å²) in [4.78, 5) is 30.1. The maximum atomic E-state index is 12.3. The molecule has 0 saturated carbocycles. The highest BCUT2D eigenvalue weighted by atomic mass is 16.1. The lowest BCUT2D eigenvalue weighted by Crippen LogP contribution is -2.25. The van der Waals surface area contributed by atoms with Gasteiger partial charge in [-0.1, -0.05) is 6.07 Å². The number of hydrogen-bond donors (Lipinski definition) is 1. The van der Waals surface area contributed by atoms with Crippen LogP contribution in [0.1, 0.15) is 39.5 Å². The first-order valence-electron chi connectivity index (χ1n) is 9.23. The molecule has 4 rings (SSSR count). The van der Waals surface area contributed by atoms with Gasteiger partial charge in [0.25, 0.3) is 0 Å². The lowest BCUT2D eigenvalue weighted by molar-refractivity contribution is -0.120. The minimum Gasteiger partial charge on any atom is -0.350 e. The fourth-order valence-electron chi connectivity index (χ4n) is 3.29. The number of carbonyl (C=O) groups excluding carboxylic acids is 1. The van der Waals surface area contributed by atoms with Gasteiger partial charge in [0.1, 0.15) is 0 Å². The molecule has 0 spiro atoms. The third-order valence-electron chi connectivity index (χ3n) is 4.63. The second-order valence-electron chi connectivity index (χ2n) is 6.91. The number of aliphatic imine (C=N–C) groups is 1. The zero-order valence-electron chi connectivity index (χ0n) is 15.9. The van der Waals surface area contributed by atoms with Crippen LogP contribution in [-0.4, -0.2) is 26.6 Å². The van der Waals surface area contributed by atoms with Crippen molar-refractivity contribution in [3.05, 3.63) is 88.3 Å². The van der Waals surface area contributed by atoms with Crippen molar-refractivity contribution in [1.82, 2.24) is 20.3 Å². The average molecular weight is 371 g/mol. The van der Waals surface area contributed by atoms with Crippen molar-refractivity contribution in [3.8, 4) is 0 Å². The minimum atomic E-state index is -0.0698. The second kappa shape index (κ2) is 7.68. The van der Waals surface area contributed by atoms with Gasteiger partial charge in [-0.2, -0.15) is 0 Å². The molecule has 0 aromatic carbocycles. The van der Waals surface area contributed by atoms with E-state index >= 15 is 0 Å². The van der Waals surface area contributed by atoms with Gasteiger partial charge in [-0.05, 0) is 49.7 Å². The largest absolute Gasteiger partial charge is 0.350 e. The standard InChI is InChI=1S/C22H21N5O/c1-14-4-3-5-18(27-14)12-25-21(28)10-19-9-17-11-26-22(20(17)13-24-19)16-6-7-23-15(2)8-16/h3-9,13H,10-12H2,1-2H3,(H,25,28). The molecule has 0 bridgehead atoms. The highest BCUT2D eigenvalue weighted by Gasteiger charge is 2.19. The summed E-state index contributed by atoms with van der Waals surface area (Å²) in [5.41, 5.74) is 7.60. The quantitative estimate of drug-likeness (QED) is 0.748. The number of nitrogens with one attached hydrogen (secondary N) is 1. The Kier molecular flexibility index (Phi) is 4.93. The highest BCUT2D eigenvalue weighted by Crippen LogP contribution is 2.23. The third-order valence-corrected chi connectivity index (χ3v) is 4.63. The molecule has 6 heteroatoms. The molecule has 0 saturated heterocycles. The van der Waals surface area contributed by atoms with E-state index in [1.54, 1.807) is 6.20 Å². The van der Waals surface area contributed by atoms with Gasteiger partial charge in [-0.3, -0.25) is 24.7 Å². The molecule has 1 N–H and O–H groups in total. The highest BCUT2D eigenvalue weighted by molar-refractivity contribution is 6.15. The van der Waals surface area contributed by atoms with Crippen LogP contribution in [0.5, 0.6) is 0 Å². The fraction of sp³-hybridized carbons (Fsp3) is 0.227. The van der Waals surface area contributed by atoms with E-state index in [1.807, 2.05) is 56.4 Å². The van der Waals surface area contributed by atoms with Crippen LogP contribution in [0.2, 0.25) is 0 Å². The molecule has 0 radical (unpaired) electrons. The second-order valence-corrected chi connectivity index (χ2v) is 6.91. The number of carbonyl (C=O) groups is 1. The van der Waals surface area contributed by atoms with Crippen molar-refractivity contribution in [2.24, 2.45) is 4.99 Å². The Labute approximate surface area is 163 Å². The molecule has 0 aliphatic carbocycles. The molecular weight excluding hydrogens is 350 g/mol. The summed E-state index contributed by atoms with van der Waals surface area (Å²) in [5.74, 6) is -0.0698. The molecule has 1 amide bonds. The van der Waals surface area contributed by atoms with E-state index in [2.05, 4.69) is 25.3 Å². The normalized spacial score (nSPS) is 12.4. The third kappa shape index (κ3) is 3.96. The van der Waals surface area contributed by atoms with Crippen LogP contribution in [0.3, 0.4) is 0 Å². The summed E-state index contributed by atoms with van der Waals surface area (Å²) in [6, 6.07) is 11.7. The zero-order valence-corrected chi connectivity index (χ0v) is 15.9. The molecule has 0 fully saturated rings. The van der Waals surface area contributed by atoms with Gasteiger partial charge < -0.3 is 5.32 Å². The van der Waals surface area contributed by atoms with Crippen molar-refractivity contribution < 1.29 is 4.79 Å². The molecule has 28 heavy (non-hydrogen) atoms. The van der Waals surface area contributed by atoms with Crippen LogP contribution in [-0.2, 0) is 24.3 Å². The molecule has 140 valence electrons. The Bertz CT molecular complexity index is 1070. The van der Waals surface area contributed by atoms with Crippen LogP contribution in [0, 0.1) is 13.8 Å². The van der Waals surface area contributed by atoms with Gasteiger partial charge in [-0.25, -0.2) is 0 Å². The first kappa shape index (κ1) is 18.0. The van der Waals surface area contributed by atoms with Crippen LogP contribution >= 0.6 is 0 Å². The summed E-state index contributed by atoms with van der Waals surface area (Å²) < 4.78 is 0. The maximum Gasteiger partial charge on any atom is 0.226 e. The Balaban J connectivity index is 1.42. The monoisotopic (exact) mass is 371 g/mol. The number of hydrogen-bond acceptors (Lipinski definition) is 5. The zero-order chi connectivity index (χ0) is 19.5. The SMILES string of the molecule is Cc1cc(C2=NCc3cc(CC(=O)NCc4cccc(C)n4)ncc32)ccn1. The number of rotatable bonds is 5. The smallest absolute Gasteiger partial charge is 0.226 e. The summed E-state index contributed by atoms with van der Waals surface area (Å²) in [6.45, 7) is 4.92. The van der Waals surface area contributed by atoms with Crippen molar-refractivity contribution in [1.29, 1.82) is 0 Å². The first-order chi connectivity index (χ1) is 13.6. The summed E-state index contributed by atoms with van der Waals surface area (Å²) in [6.07, 6.45) is 3.85. The minimum absolute atomic E-state index is 0.0698. The number of aryl methyl sites for hydroxylation is 2. The Morgan fingerprint density at radius 2 is 1.96 bits per heavy atom. The summed E-state index contributed by atoms with van der Waals surface area (Å²) >= 11 is 0. The van der Waals surface area contributed by atoms with Crippen LogP contribution in [0.15, 0.2) is 53.8 Å². The van der Waals surface area contributed by atoms with Gasteiger partial charge in [0.15, 0.2) is 0 Å². The van der Waals surface area contributed by atoms with Crippen molar-refractivity contribution in [3.63, 3.8) is 0 Å². The lowest BCUT2D eigenvalue weighted by atomic mass is 10.0. The number of amides is 1. The molecule has 6 nitrogen and oxygen atoms in total. The Morgan fingerprint density at radius 1 is 1.07 bits per heavy atom. The topological polar surface area (TPSA) is 80.1 Å². The van der Waals surface area contributed by atoms with E-state index in [1.165, 1.54) is 0 Å². The summed E-state index contributed by atoms with van der Waals surface area (Å²) in [7, 11) is 0. The van der Waals surface area contributed by atoms with Crippen molar-refractivity contribution in [2.45, 2.75) is 33.4 Å². The van der Waals surface area contributed by atoms with Crippen molar-refractivity contribution >= 4 is 11.6 Å². The van der Waals surface area contributed by atoms with Gasteiger partial charge in [-0.15, -0.1) is 0 Å². The Morgan fingerprint density at radius 3 is 2.79 bits per heavy atom. The molecule has 1 aliphatic heterocycles. The number of pyridine rings is 3. The molecule has 0 unspecified atom stereocenters. The number of aromatic nitrogens is 3. The van der Waals surface area contributed by atoms with Gasteiger partial charge in [0.2, 0.25) is 5.91 Å². The van der Waals surface area contributed by atoms with Crippen LogP contribution in [0.4, 0.5) is 0 Å². The van der Waals surface area contributed by atoms with E-state index in [4.69, 9.17) is 0 Å². The maximum absolute atomic E-state index is 12.3. The number of nitrogens with zero attached hydrogens (tertiary/aromatic N) is 4. The van der Waals surface area contributed by atoms with Gasteiger partial charge >= 0.3 is 0 Å². The summed E-state index contributed by atoms with van der Waals surface area (Å²) in [5, 5.41) is 2.91. The van der Waals surface area contributed by atoms with Crippen molar-refractivity contribution in [2.75, 3.05) is 0 Å². The fourth-order valence-corrected chi connectivity index (χ4v) is 3.29.